The minimum Gasteiger partial charge on any atom is -0.497 e. The summed E-state index contributed by atoms with van der Waals surface area (Å²) in [6, 6.07) is 15.4. The Hall–Kier alpha value is -4.12. The van der Waals surface area contributed by atoms with Gasteiger partial charge in [0.2, 0.25) is 5.95 Å². The fraction of sp³-hybridized carbons (Fsp3) is 0.136. The molecular weight excluding hydrogens is 444 g/mol. The Morgan fingerprint density at radius 1 is 0.909 bits per heavy atom. The van der Waals surface area contributed by atoms with E-state index in [9.17, 15) is 8.42 Å². The molecule has 0 aliphatic carbocycles. The Labute approximate surface area is 190 Å². The van der Waals surface area contributed by atoms with Crippen molar-refractivity contribution >= 4 is 33.0 Å². The quantitative estimate of drug-likeness (QED) is 0.355. The second kappa shape index (κ2) is 9.17. The number of pyridine rings is 1. The number of anilines is 4. The van der Waals surface area contributed by atoms with Crippen LogP contribution in [0.15, 0.2) is 65.7 Å². The number of hydrogen-bond acceptors (Lipinski definition) is 9. The van der Waals surface area contributed by atoms with Crippen molar-refractivity contribution in [3.63, 3.8) is 0 Å². The monoisotopic (exact) mass is 466 g/mol. The van der Waals surface area contributed by atoms with Crippen LogP contribution in [0.4, 0.5) is 23.1 Å². The summed E-state index contributed by atoms with van der Waals surface area (Å²) in [5, 5.41) is 13.4. The number of methoxy groups -OCH3 is 2. The first kappa shape index (κ1) is 22.1. The maximum absolute atomic E-state index is 11.6. The third-order valence-electron chi connectivity index (χ3n) is 4.70. The summed E-state index contributed by atoms with van der Waals surface area (Å²) in [6.07, 6.45) is 2.83. The number of aromatic nitrogens is 4. The highest BCUT2D eigenvalue weighted by atomic mass is 32.2. The number of nitrogens with one attached hydrogen (secondary N) is 3. The molecule has 0 aliphatic heterocycles. The molecule has 0 saturated carbocycles. The normalized spacial score (nSPS) is 11.1. The van der Waals surface area contributed by atoms with Gasteiger partial charge in [0.05, 0.1) is 24.7 Å². The number of H-pyrrole nitrogens is 1. The average Bonchev–Trinajstić information content (AvgIpc) is 3.27. The van der Waals surface area contributed by atoms with Crippen LogP contribution in [0.25, 0.3) is 11.4 Å². The molecule has 170 valence electrons. The van der Waals surface area contributed by atoms with Gasteiger partial charge >= 0.3 is 0 Å². The number of nitrogens with zero attached hydrogens (tertiary/aromatic N) is 3. The highest BCUT2D eigenvalue weighted by Crippen LogP contribution is 2.31. The lowest BCUT2D eigenvalue weighted by molar-refractivity contribution is 0.395. The first-order valence-electron chi connectivity index (χ1n) is 9.81. The van der Waals surface area contributed by atoms with Gasteiger partial charge in [-0.05, 0) is 36.4 Å². The number of rotatable bonds is 8. The van der Waals surface area contributed by atoms with Crippen molar-refractivity contribution in [2.45, 2.75) is 4.90 Å². The molecule has 0 amide bonds. The SMILES string of the molecule is COc1cc(Nc2ncccc2-c2nc(Nc3ccc(S(C)(=O)=O)cc3)n[nH]2)cc(OC)c1. The van der Waals surface area contributed by atoms with Crippen molar-refractivity contribution in [3.8, 4) is 22.9 Å². The second-order valence-electron chi connectivity index (χ2n) is 7.06. The van der Waals surface area contributed by atoms with Gasteiger partial charge in [-0.15, -0.1) is 5.10 Å². The summed E-state index contributed by atoms with van der Waals surface area (Å²) >= 11 is 0. The zero-order valence-corrected chi connectivity index (χ0v) is 19.0. The second-order valence-corrected chi connectivity index (χ2v) is 9.07. The first-order valence-corrected chi connectivity index (χ1v) is 11.7. The van der Waals surface area contributed by atoms with E-state index < -0.39 is 9.84 Å². The molecule has 2 heterocycles. The van der Waals surface area contributed by atoms with E-state index in [4.69, 9.17) is 9.47 Å². The highest BCUT2D eigenvalue weighted by molar-refractivity contribution is 7.90. The molecule has 0 unspecified atom stereocenters. The van der Waals surface area contributed by atoms with E-state index in [0.717, 1.165) is 11.9 Å². The summed E-state index contributed by atoms with van der Waals surface area (Å²) in [5.74, 6) is 2.67. The van der Waals surface area contributed by atoms with E-state index >= 15 is 0 Å². The van der Waals surface area contributed by atoms with Crippen LogP contribution >= 0.6 is 0 Å². The third-order valence-corrected chi connectivity index (χ3v) is 5.83. The zero-order chi connectivity index (χ0) is 23.4. The maximum atomic E-state index is 11.6. The van der Waals surface area contributed by atoms with E-state index in [1.54, 1.807) is 44.7 Å². The number of sulfone groups is 1. The van der Waals surface area contributed by atoms with Crippen molar-refractivity contribution in [1.29, 1.82) is 0 Å². The van der Waals surface area contributed by atoms with Gasteiger partial charge in [0, 0.05) is 42.0 Å². The van der Waals surface area contributed by atoms with Gasteiger partial charge in [0.1, 0.15) is 17.3 Å². The number of hydrogen-bond donors (Lipinski definition) is 3. The topological polar surface area (TPSA) is 131 Å². The minimum absolute atomic E-state index is 0.240. The fourth-order valence-corrected chi connectivity index (χ4v) is 3.70. The summed E-state index contributed by atoms with van der Waals surface area (Å²) in [4.78, 5) is 9.16. The Balaban J connectivity index is 1.57. The van der Waals surface area contributed by atoms with Crippen LogP contribution in [-0.2, 0) is 9.84 Å². The summed E-state index contributed by atoms with van der Waals surface area (Å²) in [7, 11) is -0.0872. The lowest BCUT2D eigenvalue weighted by Gasteiger charge is -2.12. The van der Waals surface area contributed by atoms with E-state index in [0.29, 0.717) is 40.3 Å². The third kappa shape index (κ3) is 5.21. The summed E-state index contributed by atoms with van der Waals surface area (Å²) < 4.78 is 33.9. The van der Waals surface area contributed by atoms with E-state index in [-0.39, 0.29) is 4.90 Å². The summed E-state index contributed by atoms with van der Waals surface area (Å²) in [6.45, 7) is 0. The molecule has 10 nitrogen and oxygen atoms in total. The molecule has 0 fully saturated rings. The maximum Gasteiger partial charge on any atom is 0.246 e. The Kier molecular flexibility index (Phi) is 6.13. The lowest BCUT2D eigenvalue weighted by atomic mass is 10.2. The van der Waals surface area contributed by atoms with E-state index in [2.05, 4.69) is 30.8 Å². The molecule has 2 aromatic heterocycles. The van der Waals surface area contributed by atoms with Gasteiger partial charge < -0.3 is 20.1 Å². The summed E-state index contributed by atoms with van der Waals surface area (Å²) in [5.41, 5.74) is 2.09. The molecule has 0 atom stereocenters. The van der Waals surface area contributed by atoms with Crippen LogP contribution in [0.2, 0.25) is 0 Å². The molecule has 33 heavy (non-hydrogen) atoms. The Bertz CT molecular complexity index is 1350. The van der Waals surface area contributed by atoms with Gasteiger partial charge in [-0.2, -0.15) is 4.98 Å². The van der Waals surface area contributed by atoms with Gasteiger partial charge in [-0.3, -0.25) is 5.10 Å². The van der Waals surface area contributed by atoms with Crippen LogP contribution in [-0.4, -0.2) is 49.1 Å². The van der Waals surface area contributed by atoms with Crippen molar-refractivity contribution in [2.24, 2.45) is 0 Å². The molecule has 11 heteroatoms. The Morgan fingerprint density at radius 2 is 1.61 bits per heavy atom. The first-order chi connectivity index (χ1) is 15.9. The van der Waals surface area contributed by atoms with E-state index in [1.165, 1.54) is 12.1 Å². The molecule has 4 aromatic rings. The van der Waals surface area contributed by atoms with Crippen molar-refractivity contribution in [1.82, 2.24) is 20.2 Å². The molecule has 0 spiro atoms. The smallest absolute Gasteiger partial charge is 0.246 e. The molecule has 0 aliphatic rings. The molecule has 2 aromatic carbocycles. The minimum atomic E-state index is -3.26. The van der Waals surface area contributed by atoms with Crippen LogP contribution in [0.5, 0.6) is 11.5 Å². The fourth-order valence-electron chi connectivity index (χ4n) is 3.07. The zero-order valence-electron chi connectivity index (χ0n) is 18.2. The van der Waals surface area contributed by atoms with Gasteiger partial charge in [0.25, 0.3) is 0 Å². The van der Waals surface area contributed by atoms with Crippen LogP contribution in [0, 0.1) is 0 Å². The van der Waals surface area contributed by atoms with Crippen molar-refractivity contribution in [2.75, 3.05) is 31.1 Å². The van der Waals surface area contributed by atoms with Crippen LogP contribution < -0.4 is 20.1 Å². The molecular formula is C22H22N6O4S. The van der Waals surface area contributed by atoms with Crippen molar-refractivity contribution in [3.05, 3.63) is 60.8 Å². The van der Waals surface area contributed by atoms with Crippen LogP contribution in [0.3, 0.4) is 0 Å². The Morgan fingerprint density at radius 3 is 2.24 bits per heavy atom. The molecule has 4 rings (SSSR count). The highest BCUT2D eigenvalue weighted by Gasteiger charge is 2.13. The molecule has 0 saturated heterocycles. The number of aromatic amines is 1. The molecule has 0 radical (unpaired) electrons. The predicted molar refractivity (Wildman–Crippen MR) is 125 cm³/mol. The van der Waals surface area contributed by atoms with Crippen molar-refractivity contribution < 1.29 is 17.9 Å². The van der Waals surface area contributed by atoms with Gasteiger partial charge in [-0.1, -0.05) is 0 Å². The number of benzene rings is 2. The standard InChI is InChI=1S/C22H22N6O4S/c1-31-16-11-15(12-17(13-16)32-2)24-20-19(5-4-10-23-20)21-26-22(28-27-21)25-14-6-8-18(9-7-14)33(3,29)30/h4-13H,1-3H3,(H,23,24)(H2,25,26,27,28). The molecule has 0 bridgehead atoms. The average molecular weight is 467 g/mol. The predicted octanol–water partition coefficient (Wildman–Crippen LogP) is 3.77. The van der Waals surface area contributed by atoms with Crippen LogP contribution in [0.1, 0.15) is 0 Å². The lowest BCUT2D eigenvalue weighted by Crippen LogP contribution is -1.99. The van der Waals surface area contributed by atoms with Gasteiger partial charge in [0.15, 0.2) is 15.7 Å². The number of ether oxygens (including phenoxy) is 2. The largest absolute Gasteiger partial charge is 0.497 e. The molecule has 3 N–H and O–H groups in total. The van der Waals surface area contributed by atoms with E-state index in [1.807, 2.05) is 18.2 Å². The van der Waals surface area contributed by atoms with Gasteiger partial charge in [-0.25, -0.2) is 13.4 Å².